The number of aliphatic hydroxyl groups is 1. The van der Waals surface area contributed by atoms with Crippen molar-refractivity contribution in [3.05, 3.63) is 35.9 Å². The van der Waals surface area contributed by atoms with E-state index in [0.717, 1.165) is 5.56 Å². The Morgan fingerprint density at radius 1 is 1.26 bits per heavy atom. The van der Waals surface area contributed by atoms with Gasteiger partial charge >= 0.3 is 0 Å². The predicted molar refractivity (Wildman–Crippen MR) is 70.7 cm³/mol. The van der Waals surface area contributed by atoms with Gasteiger partial charge in [0.15, 0.2) is 0 Å². The molecule has 1 atom stereocenters. The van der Waals surface area contributed by atoms with Gasteiger partial charge in [-0.05, 0) is 5.56 Å². The third kappa shape index (κ3) is 5.07. The molecule has 0 saturated carbocycles. The average molecular weight is 265 g/mol. The monoisotopic (exact) mass is 265 g/mol. The minimum absolute atomic E-state index is 0.165. The zero-order chi connectivity index (χ0) is 14.3. The molecule has 0 bridgehead atoms. The molecule has 0 aromatic heterocycles. The van der Waals surface area contributed by atoms with E-state index in [4.69, 9.17) is 16.6 Å². The molecule has 1 unspecified atom stereocenters. The first kappa shape index (κ1) is 15.1. The van der Waals surface area contributed by atoms with Crippen molar-refractivity contribution in [2.24, 2.45) is 11.5 Å². The molecule has 0 heterocycles. The molecule has 0 saturated heterocycles. The summed E-state index contributed by atoms with van der Waals surface area (Å²) in [5.74, 6) is -1.01. The Bertz CT molecular complexity index is 422. The van der Waals surface area contributed by atoms with Crippen molar-refractivity contribution in [1.82, 2.24) is 4.90 Å². The summed E-state index contributed by atoms with van der Waals surface area (Å²) in [6.45, 7) is 0.342. The number of primary amides is 1. The molecule has 0 spiro atoms. The number of hydrogen-bond donors (Lipinski definition) is 3. The lowest BCUT2D eigenvalue weighted by Crippen LogP contribution is -2.46. The minimum Gasteiger partial charge on any atom is -0.395 e. The van der Waals surface area contributed by atoms with Crippen LogP contribution < -0.4 is 11.5 Å². The Morgan fingerprint density at radius 3 is 2.42 bits per heavy atom. The molecule has 0 fully saturated rings. The van der Waals surface area contributed by atoms with Crippen LogP contribution in [0.1, 0.15) is 12.0 Å². The van der Waals surface area contributed by atoms with Crippen molar-refractivity contribution < 1.29 is 14.7 Å². The molecule has 0 aliphatic rings. The maximum Gasteiger partial charge on any atom is 0.240 e. The fourth-order valence-electron chi connectivity index (χ4n) is 1.73. The van der Waals surface area contributed by atoms with Gasteiger partial charge in [0.1, 0.15) is 0 Å². The van der Waals surface area contributed by atoms with Crippen molar-refractivity contribution in [2.45, 2.75) is 19.0 Å². The molecule has 1 aromatic rings. The van der Waals surface area contributed by atoms with Crippen LogP contribution in [0.2, 0.25) is 0 Å². The summed E-state index contributed by atoms with van der Waals surface area (Å²) < 4.78 is 0. The Balaban J connectivity index is 2.71. The normalized spacial score (nSPS) is 11.9. The second kappa shape index (κ2) is 7.50. The van der Waals surface area contributed by atoms with Crippen LogP contribution in [0.4, 0.5) is 0 Å². The Labute approximate surface area is 112 Å². The number of nitrogens with zero attached hydrogens (tertiary/aromatic N) is 1. The highest BCUT2D eigenvalue weighted by molar-refractivity contribution is 5.87. The topological polar surface area (TPSA) is 110 Å². The summed E-state index contributed by atoms with van der Waals surface area (Å²) in [5.41, 5.74) is 11.6. The average Bonchev–Trinajstić information content (AvgIpc) is 2.38. The van der Waals surface area contributed by atoms with Crippen LogP contribution in [0.15, 0.2) is 30.3 Å². The maximum atomic E-state index is 12.1. The SMILES string of the molecule is NC(=O)CC(N)C(=O)N(CCO)Cc1ccccc1. The quantitative estimate of drug-likeness (QED) is 0.600. The summed E-state index contributed by atoms with van der Waals surface area (Å²) in [5, 5.41) is 9.00. The first-order valence-electron chi connectivity index (χ1n) is 6.02. The van der Waals surface area contributed by atoms with Gasteiger partial charge in [-0.25, -0.2) is 0 Å². The number of amides is 2. The van der Waals surface area contributed by atoms with Crippen LogP contribution in [-0.2, 0) is 16.1 Å². The standard InChI is InChI=1S/C13H19N3O3/c14-11(8-12(15)18)13(19)16(6-7-17)9-10-4-2-1-3-5-10/h1-5,11,17H,6-9,14H2,(H2,15,18). The van der Waals surface area contributed by atoms with Crippen molar-refractivity contribution in [2.75, 3.05) is 13.2 Å². The van der Waals surface area contributed by atoms with E-state index < -0.39 is 17.9 Å². The van der Waals surface area contributed by atoms with E-state index in [1.54, 1.807) is 0 Å². The molecule has 2 amide bonds. The van der Waals surface area contributed by atoms with Gasteiger partial charge in [-0.2, -0.15) is 0 Å². The molecule has 19 heavy (non-hydrogen) atoms. The molecule has 6 heteroatoms. The van der Waals surface area contributed by atoms with Crippen LogP contribution in [-0.4, -0.2) is 41.0 Å². The van der Waals surface area contributed by atoms with Crippen molar-refractivity contribution in [1.29, 1.82) is 0 Å². The van der Waals surface area contributed by atoms with E-state index in [1.807, 2.05) is 30.3 Å². The first-order chi connectivity index (χ1) is 9.04. The van der Waals surface area contributed by atoms with Crippen LogP contribution in [0.5, 0.6) is 0 Å². The summed E-state index contributed by atoms with van der Waals surface area (Å²) in [4.78, 5) is 24.2. The Hall–Kier alpha value is -1.92. The van der Waals surface area contributed by atoms with Crippen LogP contribution >= 0.6 is 0 Å². The Morgan fingerprint density at radius 2 is 1.89 bits per heavy atom. The fourth-order valence-corrected chi connectivity index (χ4v) is 1.73. The van der Waals surface area contributed by atoms with E-state index in [2.05, 4.69) is 0 Å². The molecule has 0 aliphatic heterocycles. The first-order valence-corrected chi connectivity index (χ1v) is 6.02. The van der Waals surface area contributed by atoms with E-state index in [0.29, 0.717) is 6.54 Å². The summed E-state index contributed by atoms with van der Waals surface area (Å²) in [7, 11) is 0. The number of hydrogen-bond acceptors (Lipinski definition) is 4. The fraction of sp³-hybridized carbons (Fsp3) is 0.385. The third-order valence-corrected chi connectivity index (χ3v) is 2.64. The van der Waals surface area contributed by atoms with E-state index in [1.165, 1.54) is 4.90 Å². The summed E-state index contributed by atoms with van der Waals surface area (Å²) in [6, 6.07) is 8.38. The lowest BCUT2D eigenvalue weighted by molar-refractivity contribution is -0.135. The number of rotatable bonds is 7. The van der Waals surface area contributed by atoms with E-state index in [9.17, 15) is 9.59 Å². The van der Waals surface area contributed by atoms with Crippen LogP contribution in [0.25, 0.3) is 0 Å². The van der Waals surface area contributed by atoms with Gasteiger partial charge in [0.05, 0.1) is 19.1 Å². The van der Waals surface area contributed by atoms with Gasteiger partial charge in [-0.3, -0.25) is 9.59 Å². The second-order valence-corrected chi connectivity index (χ2v) is 4.25. The molecule has 1 aromatic carbocycles. The number of carbonyl (C=O) groups is 2. The molecule has 0 radical (unpaired) electrons. The highest BCUT2D eigenvalue weighted by Crippen LogP contribution is 2.06. The third-order valence-electron chi connectivity index (χ3n) is 2.64. The van der Waals surface area contributed by atoms with Crippen molar-refractivity contribution >= 4 is 11.8 Å². The zero-order valence-electron chi connectivity index (χ0n) is 10.7. The Kier molecular flexibility index (Phi) is 5.98. The number of benzene rings is 1. The van der Waals surface area contributed by atoms with Crippen LogP contribution in [0, 0.1) is 0 Å². The van der Waals surface area contributed by atoms with Crippen molar-refractivity contribution in [3.8, 4) is 0 Å². The molecule has 6 nitrogen and oxygen atoms in total. The predicted octanol–water partition coefficient (Wildman–Crippen LogP) is -0.790. The van der Waals surface area contributed by atoms with Gasteiger partial charge in [0.25, 0.3) is 0 Å². The van der Waals surface area contributed by atoms with Gasteiger partial charge in [0, 0.05) is 13.1 Å². The smallest absolute Gasteiger partial charge is 0.240 e. The molecule has 5 N–H and O–H groups in total. The van der Waals surface area contributed by atoms with E-state index in [-0.39, 0.29) is 19.6 Å². The van der Waals surface area contributed by atoms with Gasteiger partial charge < -0.3 is 21.5 Å². The minimum atomic E-state index is -0.965. The highest BCUT2D eigenvalue weighted by Gasteiger charge is 2.22. The van der Waals surface area contributed by atoms with Crippen molar-refractivity contribution in [3.63, 3.8) is 0 Å². The number of aliphatic hydroxyl groups excluding tert-OH is 1. The molecule has 1 rings (SSSR count). The molecule has 0 aliphatic carbocycles. The lowest BCUT2D eigenvalue weighted by Gasteiger charge is -2.24. The zero-order valence-corrected chi connectivity index (χ0v) is 10.7. The molecular formula is C13H19N3O3. The summed E-state index contributed by atoms with van der Waals surface area (Å²) in [6.07, 6.45) is -0.199. The summed E-state index contributed by atoms with van der Waals surface area (Å²) >= 11 is 0. The van der Waals surface area contributed by atoms with Gasteiger partial charge in [0.2, 0.25) is 11.8 Å². The lowest BCUT2D eigenvalue weighted by atomic mass is 10.1. The van der Waals surface area contributed by atoms with Crippen LogP contribution in [0.3, 0.4) is 0 Å². The van der Waals surface area contributed by atoms with Gasteiger partial charge in [-0.15, -0.1) is 0 Å². The molecular weight excluding hydrogens is 246 g/mol. The largest absolute Gasteiger partial charge is 0.395 e. The highest BCUT2D eigenvalue weighted by atomic mass is 16.3. The second-order valence-electron chi connectivity index (χ2n) is 4.25. The maximum absolute atomic E-state index is 12.1. The van der Waals surface area contributed by atoms with Gasteiger partial charge in [-0.1, -0.05) is 30.3 Å². The molecule has 104 valence electrons. The van der Waals surface area contributed by atoms with E-state index >= 15 is 0 Å². The number of carbonyl (C=O) groups excluding carboxylic acids is 2. The number of nitrogens with two attached hydrogens (primary N) is 2.